The van der Waals surface area contributed by atoms with Crippen molar-refractivity contribution in [2.75, 3.05) is 7.11 Å². The predicted octanol–water partition coefficient (Wildman–Crippen LogP) is 6.48. The molecular weight excluding hydrogens is 453 g/mol. The van der Waals surface area contributed by atoms with Crippen LogP contribution in [0.15, 0.2) is 33.2 Å². The van der Waals surface area contributed by atoms with Crippen LogP contribution < -0.4 is 4.74 Å². The second kappa shape index (κ2) is 6.82. The van der Waals surface area contributed by atoms with Crippen LogP contribution in [0.3, 0.4) is 0 Å². The van der Waals surface area contributed by atoms with Gasteiger partial charge in [-0.1, -0.05) is 27.5 Å². The van der Waals surface area contributed by atoms with Crippen LogP contribution >= 0.6 is 55.1 Å². The minimum atomic E-state index is -1.08. The molecule has 0 radical (unpaired) electrons. The Morgan fingerprint density at radius 2 is 1.67 bits per heavy atom. The van der Waals surface area contributed by atoms with Crippen molar-refractivity contribution in [2.45, 2.75) is 5.38 Å². The van der Waals surface area contributed by atoms with Crippen molar-refractivity contribution in [2.24, 2.45) is 0 Å². The van der Waals surface area contributed by atoms with Crippen LogP contribution in [0.25, 0.3) is 0 Å². The normalized spacial score (nSPS) is 12.3. The molecule has 0 N–H and O–H groups in total. The van der Waals surface area contributed by atoms with Gasteiger partial charge in [0, 0.05) is 20.6 Å². The standard InChI is InChI=1S/C14H8Br2Cl2F2O/c1-21-14-8(4-7(17)5-9(14)16)13(18)12-10(19)2-6(15)3-11(12)20/h2-5,13H,1H3. The number of alkyl halides is 1. The second-order valence-corrected chi connectivity index (χ2v) is 6.80. The molecule has 0 aromatic heterocycles. The summed E-state index contributed by atoms with van der Waals surface area (Å²) < 4.78 is 34.2. The smallest absolute Gasteiger partial charge is 0.138 e. The molecule has 0 saturated carbocycles. The van der Waals surface area contributed by atoms with Crippen molar-refractivity contribution >= 4 is 55.1 Å². The summed E-state index contributed by atoms with van der Waals surface area (Å²) in [7, 11) is 1.44. The zero-order valence-electron chi connectivity index (χ0n) is 10.6. The van der Waals surface area contributed by atoms with Gasteiger partial charge in [0.15, 0.2) is 0 Å². The third-order valence-electron chi connectivity index (χ3n) is 2.81. The Labute approximate surface area is 147 Å². The molecule has 0 aliphatic heterocycles. The number of hydrogen-bond donors (Lipinski definition) is 0. The maximum atomic E-state index is 14.0. The van der Waals surface area contributed by atoms with E-state index in [-0.39, 0.29) is 5.56 Å². The maximum Gasteiger partial charge on any atom is 0.138 e. The summed E-state index contributed by atoms with van der Waals surface area (Å²) in [6.07, 6.45) is 0. The largest absolute Gasteiger partial charge is 0.495 e. The van der Waals surface area contributed by atoms with Crippen LogP contribution in [0.2, 0.25) is 5.02 Å². The molecule has 1 unspecified atom stereocenters. The van der Waals surface area contributed by atoms with Gasteiger partial charge in [-0.25, -0.2) is 8.78 Å². The molecule has 0 saturated heterocycles. The number of hydrogen-bond acceptors (Lipinski definition) is 1. The number of methoxy groups -OCH3 is 1. The van der Waals surface area contributed by atoms with Crippen LogP contribution in [0.5, 0.6) is 5.75 Å². The van der Waals surface area contributed by atoms with Gasteiger partial charge in [0.25, 0.3) is 0 Å². The highest BCUT2D eigenvalue weighted by Gasteiger charge is 2.25. The van der Waals surface area contributed by atoms with Crippen molar-refractivity contribution < 1.29 is 13.5 Å². The first-order valence-electron chi connectivity index (χ1n) is 5.66. The van der Waals surface area contributed by atoms with Gasteiger partial charge in [-0.15, -0.1) is 11.6 Å². The lowest BCUT2D eigenvalue weighted by Gasteiger charge is -2.17. The fourth-order valence-corrected chi connectivity index (χ4v) is 3.70. The SMILES string of the molecule is COc1c(Br)cc(Cl)cc1C(Cl)c1c(F)cc(Br)cc1F. The van der Waals surface area contributed by atoms with Crippen molar-refractivity contribution in [3.63, 3.8) is 0 Å². The number of ether oxygens (including phenoxy) is 1. The van der Waals surface area contributed by atoms with E-state index in [2.05, 4.69) is 31.9 Å². The van der Waals surface area contributed by atoms with Gasteiger partial charge in [0.05, 0.1) is 17.0 Å². The van der Waals surface area contributed by atoms with E-state index in [1.165, 1.54) is 13.2 Å². The van der Waals surface area contributed by atoms with E-state index in [0.29, 0.717) is 25.3 Å². The molecule has 2 aromatic rings. The third-order valence-corrected chi connectivity index (χ3v) is 4.53. The predicted molar refractivity (Wildman–Crippen MR) is 87.5 cm³/mol. The van der Waals surface area contributed by atoms with Gasteiger partial charge in [-0.05, 0) is 40.2 Å². The lowest BCUT2D eigenvalue weighted by molar-refractivity contribution is 0.407. The fraction of sp³-hybridized carbons (Fsp3) is 0.143. The Morgan fingerprint density at radius 1 is 1.10 bits per heavy atom. The summed E-state index contributed by atoms with van der Waals surface area (Å²) in [4.78, 5) is 0. The van der Waals surface area contributed by atoms with Crippen molar-refractivity contribution in [3.8, 4) is 5.75 Å². The molecule has 0 aliphatic carbocycles. The molecular formula is C14H8Br2Cl2F2O. The Bertz CT molecular complexity index is 672. The van der Waals surface area contributed by atoms with Crippen molar-refractivity contribution in [1.29, 1.82) is 0 Å². The molecule has 0 fully saturated rings. The van der Waals surface area contributed by atoms with Crippen LogP contribution in [-0.2, 0) is 0 Å². The molecule has 0 amide bonds. The Balaban J connectivity index is 2.63. The van der Waals surface area contributed by atoms with Crippen molar-refractivity contribution in [1.82, 2.24) is 0 Å². The Kier molecular flexibility index (Phi) is 5.52. The number of halogens is 6. The van der Waals surface area contributed by atoms with Gasteiger partial charge in [0.2, 0.25) is 0 Å². The van der Waals surface area contributed by atoms with Gasteiger partial charge in [-0.3, -0.25) is 0 Å². The van der Waals surface area contributed by atoms with E-state index < -0.39 is 17.0 Å². The molecule has 0 aliphatic rings. The van der Waals surface area contributed by atoms with Crippen molar-refractivity contribution in [3.05, 3.63) is 61.0 Å². The van der Waals surface area contributed by atoms with Crippen LogP contribution in [0.1, 0.15) is 16.5 Å². The topological polar surface area (TPSA) is 9.23 Å². The Morgan fingerprint density at radius 3 is 2.19 bits per heavy atom. The summed E-state index contributed by atoms with van der Waals surface area (Å²) in [5.41, 5.74) is 0.117. The quantitative estimate of drug-likeness (QED) is 0.476. The molecule has 2 aromatic carbocycles. The molecule has 0 bridgehead atoms. The van der Waals surface area contributed by atoms with Gasteiger partial charge in [0.1, 0.15) is 17.4 Å². The van der Waals surface area contributed by atoms with E-state index >= 15 is 0 Å². The molecule has 7 heteroatoms. The summed E-state index contributed by atoms with van der Waals surface area (Å²) in [5, 5.41) is -0.704. The zero-order valence-corrected chi connectivity index (χ0v) is 15.2. The molecule has 1 atom stereocenters. The average Bonchev–Trinajstić information content (AvgIpc) is 2.36. The van der Waals surface area contributed by atoms with E-state index in [1.807, 2.05) is 0 Å². The lowest BCUT2D eigenvalue weighted by Crippen LogP contribution is -2.04. The average molecular weight is 461 g/mol. The van der Waals surface area contributed by atoms with Crippen LogP contribution in [0, 0.1) is 11.6 Å². The number of rotatable bonds is 3. The van der Waals surface area contributed by atoms with Crippen LogP contribution in [0.4, 0.5) is 8.78 Å². The first-order valence-corrected chi connectivity index (χ1v) is 8.06. The molecule has 0 heterocycles. The van der Waals surface area contributed by atoms with Gasteiger partial charge >= 0.3 is 0 Å². The van der Waals surface area contributed by atoms with E-state index in [4.69, 9.17) is 27.9 Å². The second-order valence-electron chi connectivity index (χ2n) is 4.16. The first-order chi connectivity index (χ1) is 9.85. The molecule has 112 valence electrons. The lowest BCUT2D eigenvalue weighted by atomic mass is 10.0. The van der Waals surface area contributed by atoms with E-state index in [9.17, 15) is 8.78 Å². The summed E-state index contributed by atoms with van der Waals surface area (Å²) in [5.74, 6) is -1.12. The molecule has 1 nitrogen and oxygen atoms in total. The Hall–Kier alpha value is -0.360. The minimum Gasteiger partial charge on any atom is -0.495 e. The zero-order chi connectivity index (χ0) is 15.7. The molecule has 0 spiro atoms. The molecule has 21 heavy (non-hydrogen) atoms. The van der Waals surface area contributed by atoms with Gasteiger partial charge in [-0.2, -0.15) is 0 Å². The first kappa shape index (κ1) is 17.0. The monoisotopic (exact) mass is 458 g/mol. The highest BCUT2D eigenvalue weighted by Crippen LogP contribution is 2.42. The van der Waals surface area contributed by atoms with Crippen LogP contribution in [-0.4, -0.2) is 7.11 Å². The highest BCUT2D eigenvalue weighted by molar-refractivity contribution is 9.10. The highest BCUT2D eigenvalue weighted by atomic mass is 79.9. The molecule has 2 rings (SSSR count). The number of benzene rings is 2. The minimum absolute atomic E-state index is 0.257. The van der Waals surface area contributed by atoms with E-state index in [0.717, 1.165) is 12.1 Å². The fourth-order valence-electron chi connectivity index (χ4n) is 1.93. The summed E-state index contributed by atoms with van der Waals surface area (Å²) >= 11 is 18.6. The summed E-state index contributed by atoms with van der Waals surface area (Å²) in [6, 6.07) is 5.44. The van der Waals surface area contributed by atoms with E-state index in [1.54, 1.807) is 6.07 Å². The summed E-state index contributed by atoms with van der Waals surface area (Å²) in [6.45, 7) is 0. The maximum absolute atomic E-state index is 14.0. The van der Waals surface area contributed by atoms with Gasteiger partial charge < -0.3 is 4.74 Å². The third kappa shape index (κ3) is 3.52.